The molecule has 5 heteroatoms. The maximum Gasteiger partial charge on any atom is 0.0754 e. The summed E-state index contributed by atoms with van der Waals surface area (Å²) in [4.78, 5) is 10.7. The molecular formula is C12H14ClN2O2-. The first-order valence-corrected chi connectivity index (χ1v) is 5.78. The molecule has 0 aliphatic carbocycles. The van der Waals surface area contributed by atoms with Gasteiger partial charge in [0.1, 0.15) is 0 Å². The van der Waals surface area contributed by atoms with Crippen LogP contribution in [-0.2, 0) is 0 Å². The lowest BCUT2D eigenvalue weighted by molar-refractivity contribution is -0.255. The van der Waals surface area contributed by atoms with Crippen molar-refractivity contribution in [3.8, 4) is 0 Å². The van der Waals surface area contributed by atoms with Crippen molar-refractivity contribution in [3.63, 3.8) is 0 Å². The third-order valence-electron chi connectivity index (χ3n) is 2.35. The van der Waals surface area contributed by atoms with Crippen molar-refractivity contribution < 1.29 is 9.90 Å². The van der Waals surface area contributed by atoms with Crippen molar-refractivity contribution in [2.75, 3.05) is 5.43 Å². The van der Waals surface area contributed by atoms with Crippen LogP contribution in [0.4, 0.5) is 5.69 Å². The third kappa shape index (κ3) is 3.75. The second-order valence-corrected chi connectivity index (χ2v) is 3.89. The van der Waals surface area contributed by atoms with Crippen LogP contribution in [0, 0.1) is 0 Å². The summed E-state index contributed by atoms with van der Waals surface area (Å²) < 4.78 is 0. The number of carboxylic acid groups (broad SMARTS) is 1. The molecule has 0 fully saturated rings. The van der Waals surface area contributed by atoms with Gasteiger partial charge in [-0.2, -0.15) is 5.10 Å². The Bertz CT molecular complexity index is 438. The van der Waals surface area contributed by atoms with Gasteiger partial charge in [-0.3, -0.25) is 5.43 Å². The predicted molar refractivity (Wildman–Crippen MR) is 67.4 cm³/mol. The number of halogens is 1. The normalized spacial score (nSPS) is 9.82. The number of carboxylic acids is 1. The van der Waals surface area contributed by atoms with Gasteiger partial charge in [-0.1, -0.05) is 31.5 Å². The Hall–Kier alpha value is -1.55. The molecule has 0 aliphatic rings. The number of aromatic carboxylic acids is 1. The van der Waals surface area contributed by atoms with Crippen LogP contribution in [0.1, 0.15) is 37.0 Å². The minimum Gasteiger partial charge on any atom is -0.545 e. The van der Waals surface area contributed by atoms with Gasteiger partial charge in [0.05, 0.1) is 16.7 Å². The molecule has 0 saturated carbocycles. The van der Waals surface area contributed by atoms with E-state index in [2.05, 4.69) is 10.5 Å². The van der Waals surface area contributed by atoms with Crippen LogP contribution in [0.15, 0.2) is 23.3 Å². The van der Waals surface area contributed by atoms with Gasteiger partial charge in [0, 0.05) is 5.71 Å². The summed E-state index contributed by atoms with van der Waals surface area (Å²) in [5, 5.41) is 15.3. The standard InChI is InChI=1S/C12H15ClN2O2/c1-3-9(4-2)14-15-11-7-8(12(16)17)5-6-10(11)13/h5-7,15H,3-4H2,1-2H3,(H,16,17)/p-1. The summed E-state index contributed by atoms with van der Waals surface area (Å²) in [6.07, 6.45) is 1.67. The van der Waals surface area contributed by atoms with Gasteiger partial charge in [0.25, 0.3) is 0 Å². The van der Waals surface area contributed by atoms with Crippen LogP contribution < -0.4 is 10.5 Å². The van der Waals surface area contributed by atoms with Crippen LogP contribution >= 0.6 is 11.6 Å². The number of hydrazone groups is 1. The minimum absolute atomic E-state index is 0.0710. The van der Waals surface area contributed by atoms with E-state index in [0.717, 1.165) is 18.6 Å². The molecule has 0 saturated heterocycles. The zero-order valence-electron chi connectivity index (χ0n) is 9.79. The van der Waals surface area contributed by atoms with E-state index in [1.807, 2.05) is 13.8 Å². The Morgan fingerprint density at radius 1 is 1.41 bits per heavy atom. The maximum absolute atomic E-state index is 10.7. The third-order valence-corrected chi connectivity index (χ3v) is 2.68. The molecule has 1 N–H and O–H groups in total. The molecule has 1 aromatic rings. The number of rotatable bonds is 5. The fraction of sp³-hybridized carbons (Fsp3) is 0.333. The zero-order chi connectivity index (χ0) is 12.8. The SMILES string of the molecule is CCC(CC)=NNc1cc(C(=O)[O-])ccc1Cl. The number of nitrogens with zero attached hydrogens (tertiary/aromatic N) is 1. The molecule has 0 bridgehead atoms. The second-order valence-electron chi connectivity index (χ2n) is 3.48. The largest absolute Gasteiger partial charge is 0.545 e. The topological polar surface area (TPSA) is 64.5 Å². The number of carbonyl (C=O) groups is 1. The van der Waals surface area contributed by atoms with Crippen molar-refractivity contribution in [1.29, 1.82) is 0 Å². The molecule has 0 unspecified atom stereocenters. The highest BCUT2D eigenvalue weighted by atomic mass is 35.5. The minimum atomic E-state index is -1.24. The molecule has 1 aromatic carbocycles. The molecule has 0 radical (unpaired) electrons. The number of carbonyl (C=O) groups excluding carboxylic acids is 1. The van der Waals surface area contributed by atoms with Crippen LogP contribution in [0.25, 0.3) is 0 Å². The van der Waals surface area contributed by atoms with Crippen molar-refractivity contribution >= 4 is 29.0 Å². The van der Waals surface area contributed by atoms with Gasteiger partial charge < -0.3 is 9.90 Å². The lowest BCUT2D eigenvalue weighted by Crippen LogP contribution is -2.22. The molecule has 1 rings (SSSR count). The van der Waals surface area contributed by atoms with Crippen molar-refractivity contribution in [2.45, 2.75) is 26.7 Å². The Labute approximate surface area is 105 Å². The zero-order valence-corrected chi connectivity index (χ0v) is 10.5. The van der Waals surface area contributed by atoms with Crippen LogP contribution in [0.5, 0.6) is 0 Å². The van der Waals surface area contributed by atoms with Crippen molar-refractivity contribution in [3.05, 3.63) is 28.8 Å². The monoisotopic (exact) mass is 253 g/mol. The van der Waals surface area contributed by atoms with E-state index in [-0.39, 0.29) is 5.56 Å². The van der Waals surface area contributed by atoms with Crippen LogP contribution in [0.3, 0.4) is 0 Å². The molecule has 0 amide bonds. The molecule has 0 spiro atoms. The highest BCUT2D eigenvalue weighted by Gasteiger charge is 2.02. The lowest BCUT2D eigenvalue weighted by Gasteiger charge is -2.08. The molecule has 0 heterocycles. The van der Waals surface area contributed by atoms with E-state index in [1.165, 1.54) is 18.2 Å². The predicted octanol–water partition coefficient (Wildman–Crippen LogP) is 2.29. The molecule has 0 aromatic heterocycles. The Morgan fingerprint density at radius 3 is 2.59 bits per heavy atom. The summed E-state index contributed by atoms with van der Waals surface area (Å²) in [6, 6.07) is 4.30. The summed E-state index contributed by atoms with van der Waals surface area (Å²) in [7, 11) is 0. The first-order chi connectivity index (χ1) is 8.08. The number of nitrogens with one attached hydrogen (secondary N) is 1. The van der Waals surface area contributed by atoms with Gasteiger partial charge in [-0.25, -0.2) is 0 Å². The lowest BCUT2D eigenvalue weighted by atomic mass is 10.2. The highest BCUT2D eigenvalue weighted by molar-refractivity contribution is 6.33. The molecule has 0 aliphatic heterocycles. The van der Waals surface area contributed by atoms with E-state index < -0.39 is 5.97 Å². The quantitative estimate of drug-likeness (QED) is 0.647. The molecule has 4 nitrogen and oxygen atoms in total. The Morgan fingerprint density at radius 2 is 2.06 bits per heavy atom. The smallest absolute Gasteiger partial charge is 0.0754 e. The van der Waals surface area contributed by atoms with Crippen LogP contribution in [-0.4, -0.2) is 11.7 Å². The maximum atomic E-state index is 10.7. The fourth-order valence-electron chi connectivity index (χ4n) is 1.29. The fourth-order valence-corrected chi connectivity index (χ4v) is 1.45. The van der Waals surface area contributed by atoms with E-state index in [1.54, 1.807) is 0 Å². The second kappa shape index (κ2) is 6.25. The van der Waals surface area contributed by atoms with Gasteiger partial charge in [-0.05, 0) is 30.5 Å². The average Bonchev–Trinajstić information content (AvgIpc) is 2.32. The van der Waals surface area contributed by atoms with E-state index >= 15 is 0 Å². The summed E-state index contributed by atoms with van der Waals surface area (Å²) in [5.74, 6) is -1.24. The molecule has 17 heavy (non-hydrogen) atoms. The van der Waals surface area contributed by atoms with E-state index in [0.29, 0.717) is 10.7 Å². The molecule has 92 valence electrons. The van der Waals surface area contributed by atoms with Gasteiger partial charge in [-0.15, -0.1) is 0 Å². The number of hydrogen-bond donors (Lipinski definition) is 1. The van der Waals surface area contributed by atoms with Crippen LogP contribution in [0.2, 0.25) is 5.02 Å². The highest BCUT2D eigenvalue weighted by Crippen LogP contribution is 2.22. The number of benzene rings is 1. The van der Waals surface area contributed by atoms with Gasteiger partial charge >= 0.3 is 0 Å². The van der Waals surface area contributed by atoms with E-state index in [9.17, 15) is 9.90 Å². The average molecular weight is 254 g/mol. The van der Waals surface area contributed by atoms with Gasteiger partial charge in [0.2, 0.25) is 0 Å². The first kappa shape index (κ1) is 13.5. The van der Waals surface area contributed by atoms with Crippen molar-refractivity contribution in [2.24, 2.45) is 5.10 Å². The molecular weight excluding hydrogens is 240 g/mol. The first-order valence-electron chi connectivity index (χ1n) is 5.40. The Balaban J connectivity index is 2.93. The van der Waals surface area contributed by atoms with Gasteiger partial charge in [0.15, 0.2) is 0 Å². The Kier molecular flexibility index (Phi) is 4.97. The summed E-state index contributed by atoms with van der Waals surface area (Å²) in [5.41, 5.74) is 4.30. The number of anilines is 1. The van der Waals surface area contributed by atoms with E-state index in [4.69, 9.17) is 11.6 Å². The summed E-state index contributed by atoms with van der Waals surface area (Å²) in [6.45, 7) is 4.01. The summed E-state index contributed by atoms with van der Waals surface area (Å²) >= 11 is 5.93. The van der Waals surface area contributed by atoms with Crippen molar-refractivity contribution in [1.82, 2.24) is 0 Å². The molecule has 0 atom stereocenters. The number of hydrogen-bond acceptors (Lipinski definition) is 4.